The first kappa shape index (κ1) is 19.3. The molecule has 0 aliphatic rings. The Labute approximate surface area is 133 Å². The quantitative estimate of drug-likeness (QED) is 0.361. The lowest BCUT2D eigenvalue weighted by Crippen LogP contribution is -2.28. The van der Waals surface area contributed by atoms with E-state index in [4.69, 9.17) is 0 Å². The van der Waals surface area contributed by atoms with Crippen LogP contribution in [-0.2, 0) is 0 Å². The third-order valence-corrected chi connectivity index (χ3v) is 3.26. The van der Waals surface area contributed by atoms with E-state index in [2.05, 4.69) is 30.8 Å². The molecule has 0 fully saturated rings. The third-order valence-electron chi connectivity index (χ3n) is 3.26. The predicted molar refractivity (Wildman–Crippen MR) is 78.3 cm³/mol. The Hall–Kier alpha value is -1.79. The van der Waals surface area contributed by atoms with Crippen molar-refractivity contribution < 1.29 is 27.1 Å². The van der Waals surface area contributed by atoms with Gasteiger partial charge in [0.2, 0.25) is 11.6 Å². The summed E-state index contributed by atoms with van der Waals surface area (Å²) in [5.74, 6) is -8.07. The minimum absolute atomic E-state index is 0.177. The van der Waals surface area contributed by atoms with E-state index in [-0.39, 0.29) is 12.0 Å². The van der Waals surface area contributed by atoms with E-state index >= 15 is 0 Å². The van der Waals surface area contributed by atoms with Crippen molar-refractivity contribution in [1.82, 2.24) is 5.32 Å². The maximum Gasteiger partial charge on any atom is 0.412 e. The summed E-state index contributed by atoms with van der Waals surface area (Å²) in [6.07, 6.45) is 1.35. The Bertz CT molecular complexity index is 553. The Kier molecular flexibility index (Phi) is 6.41. The van der Waals surface area contributed by atoms with Gasteiger partial charge >= 0.3 is 6.09 Å². The molecule has 0 aliphatic heterocycles. The number of unbranched alkanes of at least 4 members (excludes halogenated alkanes) is 1. The Morgan fingerprint density at radius 2 is 1.61 bits per heavy atom. The first-order valence-corrected chi connectivity index (χ1v) is 7.33. The molecule has 0 aromatic heterocycles. The van der Waals surface area contributed by atoms with Gasteiger partial charge in [-0.15, -0.1) is 0 Å². The van der Waals surface area contributed by atoms with Crippen molar-refractivity contribution in [2.45, 2.75) is 47.0 Å². The first-order valence-electron chi connectivity index (χ1n) is 7.33. The summed E-state index contributed by atoms with van der Waals surface area (Å²) in [6.45, 7) is 7.44. The summed E-state index contributed by atoms with van der Waals surface area (Å²) in [6, 6.07) is 0. The lowest BCUT2D eigenvalue weighted by molar-refractivity contribution is 0.194. The van der Waals surface area contributed by atoms with Crippen molar-refractivity contribution in [3.05, 3.63) is 28.8 Å². The van der Waals surface area contributed by atoms with Crippen LogP contribution in [0.4, 0.5) is 22.4 Å². The minimum atomic E-state index is -1.88. The molecule has 0 radical (unpaired) electrons. The Morgan fingerprint density at radius 3 is 2.17 bits per heavy atom. The van der Waals surface area contributed by atoms with Gasteiger partial charge in [-0.05, 0) is 25.2 Å². The lowest BCUT2D eigenvalue weighted by Gasteiger charge is -2.17. The number of nitrogens with one attached hydrogen (secondary N) is 1. The van der Waals surface area contributed by atoms with Crippen molar-refractivity contribution in [3.63, 3.8) is 0 Å². The van der Waals surface area contributed by atoms with Crippen LogP contribution >= 0.6 is 0 Å². The minimum Gasteiger partial charge on any atom is -0.404 e. The molecule has 130 valence electrons. The van der Waals surface area contributed by atoms with Crippen LogP contribution in [0.3, 0.4) is 0 Å². The number of benzene rings is 1. The number of carbonyl (C=O) groups excluding carboxylic acids is 1. The van der Waals surface area contributed by atoms with Crippen LogP contribution in [-0.4, -0.2) is 12.6 Å². The number of hydrogen-bond acceptors (Lipinski definition) is 2. The summed E-state index contributed by atoms with van der Waals surface area (Å²) in [7, 11) is 0. The van der Waals surface area contributed by atoms with Gasteiger partial charge in [0.15, 0.2) is 17.5 Å². The van der Waals surface area contributed by atoms with Gasteiger partial charge in [-0.3, -0.25) is 0 Å². The summed E-state index contributed by atoms with van der Waals surface area (Å²) in [4.78, 5) is 11.5. The number of halogens is 4. The number of carbonyl (C=O) groups is 1. The highest BCUT2D eigenvalue weighted by atomic mass is 19.2. The molecule has 23 heavy (non-hydrogen) atoms. The van der Waals surface area contributed by atoms with Crippen LogP contribution in [0.15, 0.2) is 0 Å². The molecule has 3 nitrogen and oxygen atoms in total. The van der Waals surface area contributed by atoms with Crippen LogP contribution in [0.2, 0.25) is 0 Å². The van der Waals surface area contributed by atoms with Gasteiger partial charge in [-0.1, -0.05) is 27.2 Å². The standard InChI is InChI=1S/C16H21F4NO2/c1-9-10(17)12(19)13(20)14(11(9)18)23-15(22)21-8-6-5-7-16(2,3)4/h5-8H2,1-4H3,(H,21,22). The molecule has 7 heteroatoms. The molecule has 0 unspecified atom stereocenters. The molecule has 0 saturated heterocycles. The van der Waals surface area contributed by atoms with E-state index in [1.54, 1.807) is 0 Å². The van der Waals surface area contributed by atoms with E-state index in [1.165, 1.54) is 0 Å². The smallest absolute Gasteiger partial charge is 0.404 e. The summed E-state index contributed by atoms with van der Waals surface area (Å²) in [5, 5.41) is 2.31. The van der Waals surface area contributed by atoms with Crippen molar-refractivity contribution >= 4 is 6.09 Å². The van der Waals surface area contributed by atoms with Gasteiger partial charge < -0.3 is 10.1 Å². The van der Waals surface area contributed by atoms with Gasteiger partial charge in [-0.2, -0.15) is 4.39 Å². The molecule has 0 aliphatic carbocycles. The van der Waals surface area contributed by atoms with Crippen LogP contribution in [0.1, 0.15) is 45.6 Å². The van der Waals surface area contributed by atoms with E-state index < -0.39 is 40.7 Å². The van der Waals surface area contributed by atoms with E-state index in [0.29, 0.717) is 6.42 Å². The number of rotatable bonds is 5. The molecule has 0 heterocycles. The number of amides is 1. The zero-order chi connectivity index (χ0) is 17.8. The highest BCUT2D eigenvalue weighted by Crippen LogP contribution is 2.29. The molecule has 1 aromatic rings. The molecule has 1 rings (SSSR count). The summed E-state index contributed by atoms with van der Waals surface area (Å²) >= 11 is 0. The zero-order valence-electron chi connectivity index (χ0n) is 13.7. The van der Waals surface area contributed by atoms with Gasteiger partial charge in [0, 0.05) is 12.1 Å². The first-order chi connectivity index (χ1) is 10.5. The Morgan fingerprint density at radius 1 is 1.00 bits per heavy atom. The molecule has 1 N–H and O–H groups in total. The van der Waals surface area contributed by atoms with Crippen LogP contribution < -0.4 is 10.1 Å². The molecule has 1 aromatic carbocycles. The maximum absolute atomic E-state index is 13.7. The van der Waals surface area contributed by atoms with Gasteiger partial charge in [0.25, 0.3) is 0 Å². The highest BCUT2D eigenvalue weighted by molar-refractivity contribution is 5.70. The van der Waals surface area contributed by atoms with Crippen LogP contribution in [0.5, 0.6) is 5.75 Å². The predicted octanol–water partition coefficient (Wildman–Crippen LogP) is 4.86. The largest absolute Gasteiger partial charge is 0.412 e. The van der Waals surface area contributed by atoms with Crippen LogP contribution in [0, 0.1) is 35.6 Å². The SMILES string of the molecule is Cc1c(F)c(F)c(F)c(OC(=O)NCCCCC(C)(C)C)c1F. The molecular weight excluding hydrogens is 314 g/mol. The second kappa shape index (κ2) is 7.66. The highest BCUT2D eigenvalue weighted by Gasteiger charge is 2.26. The van der Waals surface area contributed by atoms with Crippen LogP contribution in [0.25, 0.3) is 0 Å². The van der Waals surface area contributed by atoms with Gasteiger partial charge in [0.1, 0.15) is 0 Å². The van der Waals surface area contributed by atoms with Gasteiger partial charge in [-0.25, -0.2) is 18.0 Å². The molecule has 0 atom stereocenters. The fourth-order valence-electron chi connectivity index (χ4n) is 1.91. The fraction of sp³-hybridized carbons (Fsp3) is 0.562. The normalized spacial score (nSPS) is 11.5. The Balaban J connectivity index is 2.59. The van der Waals surface area contributed by atoms with E-state index in [0.717, 1.165) is 19.8 Å². The number of ether oxygens (including phenoxy) is 1. The van der Waals surface area contributed by atoms with E-state index in [1.807, 2.05) is 0 Å². The van der Waals surface area contributed by atoms with Crippen molar-refractivity contribution in [2.24, 2.45) is 5.41 Å². The third kappa shape index (κ3) is 5.41. The lowest BCUT2D eigenvalue weighted by atomic mass is 9.90. The van der Waals surface area contributed by atoms with Crippen molar-refractivity contribution in [1.29, 1.82) is 0 Å². The zero-order valence-corrected chi connectivity index (χ0v) is 13.7. The fourth-order valence-corrected chi connectivity index (χ4v) is 1.91. The molecule has 0 saturated carbocycles. The average molecular weight is 335 g/mol. The second-order valence-corrected chi connectivity index (χ2v) is 6.54. The average Bonchev–Trinajstić information content (AvgIpc) is 2.46. The summed E-state index contributed by atoms with van der Waals surface area (Å²) < 4.78 is 58.0. The van der Waals surface area contributed by atoms with E-state index in [9.17, 15) is 22.4 Å². The second-order valence-electron chi connectivity index (χ2n) is 6.54. The van der Waals surface area contributed by atoms with Crippen molar-refractivity contribution in [3.8, 4) is 5.75 Å². The molecule has 0 bridgehead atoms. The molecule has 0 spiro atoms. The maximum atomic E-state index is 13.7. The topological polar surface area (TPSA) is 38.3 Å². The number of hydrogen-bond donors (Lipinski definition) is 1. The summed E-state index contributed by atoms with van der Waals surface area (Å²) in [5.41, 5.74) is -0.576. The van der Waals surface area contributed by atoms with Crippen molar-refractivity contribution in [2.75, 3.05) is 6.54 Å². The monoisotopic (exact) mass is 335 g/mol. The van der Waals surface area contributed by atoms with Gasteiger partial charge in [0.05, 0.1) is 0 Å². The molecular formula is C16H21F4NO2. The molecule has 1 amide bonds.